The summed E-state index contributed by atoms with van der Waals surface area (Å²) in [6.07, 6.45) is 0. The number of aromatic carboxylic acids is 1. The van der Waals surface area contributed by atoms with E-state index in [4.69, 9.17) is 0 Å². The van der Waals surface area contributed by atoms with Gasteiger partial charge in [0.2, 0.25) is 0 Å². The molecule has 0 atom stereocenters. The molecule has 0 fully saturated rings. The molecule has 1 aliphatic heterocycles. The number of carbonyl (C=O) groups is 2. The highest BCUT2D eigenvalue weighted by Crippen LogP contribution is 2.43. The molecule has 1 heterocycles. The van der Waals surface area contributed by atoms with Gasteiger partial charge in [0, 0.05) is 16.0 Å². The Labute approximate surface area is 203 Å². The fraction of sp³-hybridized carbons (Fsp3) is 0.0345. The zero-order chi connectivity index (χ0) is 23.7. The summed E-state index contributed by atoms with van der Waals surface area (Å²) in [5.74, 6) is -1.11. The molecule has 0 bridgehead atoms. The highest BCUT2D eigenvalue weighted by atomic mass is 32.1. The quantitative estimate of drug-likeness (QED) is 0.275. The summed E-state index contributed by atoms with van der Waals surface area (Å²) in [5.41, 5.74) is 5.98. The summed E-state index contributed by atoms with van der Waals surface area (Å²) >= 11 is 4.42. The molecule has 0 saturated heterocycles. The maximum absolute atomic E-state index is 14.0. The van der Waals surface area contributed by atoms with Gasteiger partial charge < -0.3 is 10.0 Å². The van der Waals surface area contributed by atoms with Crippen molar-refractivity contribution in [2.75, 3.05) is 4.90 Å². The SMILES string of the molecule is O=C(O)c1cccc(CN2C(=O)/C(=C(\c3ccccc3)c3ccc(S)cc3)c3ccccc32)c1. The van der Waals surface area contributed by atoms with Crippen LogP contribution < -0.4 is 4.90 Å². The minimum Gasteiger partial charge on any atom is -0.478 e. The number of benzene rings is 4. The molecule has 4 aromatic rings. The van der Waals surface area contributed by atoms with Crippen LogP contribution >= 0.6 is 12.6 Å². The second kappa shape index (κ2) is 9.04. The van der Waals surface area contributed by atoms with E-state index in [1.165, 1.54) is 0 Å². The number of rotatable bonds is 5. The van der Waals surface area contributed by atoms with Crippen LogP contribution in [0.1, 0.15) is 32.6 Å². The maximum atomic E-state index is 14.0. The molecular formula is C29H21NO3S. The Kier molecular flexibility index (Phi) is 5.78. The third-order valence-electron chi connectivity index (χ3n) is 5.91. The van der Waals surface area contributed by atoms with Gasteiger partial charge in [0.1, 0.15) is 0 Å². The Morgan fingerprint density at radius 2 is 1.41 bits per heavy atom. The number of carboxylic acid groups (broad SMARTS) is 1. The van der Waals surface area contributed by atoms with Crippen molar-refractivity contribution in [3.8, 4) is 0 Å². The van der Waals surface area contributed by atoms with E-state index in [0.717, 1.165) is 38.4 Å². The average molecular weight is 464 g/mol. The van der Waals surface area contributed by atoms with Crippen molar-refractivity contribution in [2.24, 2.45) is 0 Å². The first-order valence-corrected chi connectivity index (χ1v) is 11.3. The lowest BCUT2D eigenvalue weighted by molar-refractivity contribution is -0.113. The van der Waals surface area contributed by atoms with Crippen molar-refractivity contribution in [3.63, 3.8) is 0 Å². The van der Waals surface area contributed by atoms with Gasteiger partial charge in [-0.3, -0.25) is 4.79 Å². The maximum Gasteiger partial charge on any atom is 0.335 e. The van der Waals surface area contributed by atoms with Crippen LogP contribution in [0.25, 0.3) is 11.1 Å². The van der Waals surface area contributed by atoms with E-state index in [1.807, 2.05) is 84.9 Å². The Bertz CT molecular complexity index is 1430. The van der Waals surface area contributed by atoms with Crippen molar-refractivity contribution in [2.45, 2.75) is 11.4 Å². The summed E-state index contributed by atoms with van der Waals surface area (Å²) in [6, 6.07) is 32.1. The number of amides is 1. The van der Waals surface area contributed by atoms with Crippen molar-refractivity contribution < 1.29 is 14.7 Å². The monoisotopic (exact) mass is 463 g/mol. The fourth-order valence-electron chi connectivity index (χ4n) is 4.35. The fourth-order valence-corrected chi connectivity index (χ4v) is 4.50. The molecular weight excluding hydrogens is 442 g/mol. The van der Waals surface area contributed by atoms with E-state index < -0.39 is 5.97 Å². The number of carboxylic acids is 1. The Hall–Kier alpha value is -4.09. The van der Waals surface area contributed by atoms with Crippen LogP contribution in [0.15, 0.2) is 108 Å². The number of thiol groups is 1. The van der Waals surface area contributed by atoms with E-state index >= 15 is 0 Å². The number of fused-ring (bicyclic) bond motifs is 1. The molecule has 0 spiro atoms. The van der Waals surface area contributed by atoms with Crippen LogP contribution in [0.4, 0.5) is 5.69 Å². The molecule has 0 radical (unpaired) electrons. The molecule has 1 amide bonds. The molecule has 4 nitrogen and oxygen atoms in total. The van der Waals surface area contributed by atoms with Gasteiger partial charge >= 0.3 is 5.97 Å². The summed E-state index contributed by atoms with van der Waals surface area (Å²) in [4.78, 5) is 28.0. The average Bonchev–Trinajstić information content (AvgIpc) is 3.13. The normalized spacial score (nSPS) is 14.1. The van der Waals surface area contributed by atoms with E-state index in [1.54, 1.807) is 23.1 Å². The van der Waals surface area contributed by atoms with Gasteiger partial charge in [0.25, 0.3) is 5.91 Å². The smallest absolute Gasteiger partial charge is 0.335 e. The number of hydrogen-bond donors (Lipinski definition) is 2. The molecule has 1 N–H and O–H groups in total. The molecule has 34 heavy (non-hydrogen) atoms. The van der Waals surface area contributed by atoms with Crippen LogP contribution in [-0.2, 0) is 11.3 Å². The molecule has 5 rings (SSSR count). The summed E-state index contributed by atoms with van der Waals surface area (Å²) < 4.78 is 0. The molecule has 1 aliphatic rings. The van der Waals surface area contributed by atoms with E-state index in [0.29, 0.717) is 5.57 Å². The van der Waals surface area contributed by atoms with Crippen LogP contribution in [-0.4, -0.2) is 17.0 Å². The van der Waals surface area contributed by atoms with Gasteiger partial charge in [0.05, 0.1) is 23.4 Å². The van der Waals surface area contributed by atoms with Crippen LogP contribution in [0, 0.1) is 0 Å². The molecule has 5 heteroatoms. The third-order valence-corrected chi connectivity index (χ3v) is 6.20. The van der Waals surface area contributed by atoms with Crippen LogP contribution in [0.3, 0.4) is 0 Å². The number of carbonyl (C=O) groups excluding carboxylic acids is 1. The van der Waals surface area contributed by atoms with Crippen LogP contribution in [0.5, 0.6) is 0 Å². The minimum atomic E-state index is -0.991. The standard InChI is InChI=1S/C29H21NO3S/c31-28-27(26(20-8-2-1-3-9-20)21-13-15-23(34)16-14-21)24-11-4-5-12-25(24)30(28)18-19-7-6-10-22(17-19)29(32)33/h1-17,34H,18H2,(H,32,33)/b27-26+. The molecule has 0 unspecified atom stereocenters. The van der Waals surface area contributed by atoms with Crippen molar-refractivity contribution in [1.29, 1.82) is 0 Å². The molecule has 166 valence electrons. The highest BCUT2D eigenvalue weighted by molar-refractivity contribution is 7.80. The number of hydrogen-bond acceptors (Lipinski definition) is 3. The van der Waals surface area contributed by atoms with E-state index in [9.17, 15) is 14.7 Å². The summed E-state index contributed by atoms with van der Waals surface area (Å²) in [6.45, 7) is 0.276. The number of nitrogens with zero attached hydrogens (tertiary/aromatic N) is 1. The van der Waals surface area contributed by atoms with Gasteiger partial charge in [-0.2, -0.15) is 0 Å². The minimum absolute atomic E-state index is 0.115. The van der Waals surface area contributed by atoms with Crippen LogP contribution in [0.2, 0.25) is 0 Å². The molecule has 0 saturated carbocycles. The van der Waals surface area contributed by atoms with Gasteiger partial charge in [0.15, 0.2) is 0 Å². The van der Waals surface area contributed by atoms with Crippen molar-refractivity contribution >= 4 is 41.3 Å². The van der Waals surface area contributed by atoms with Gasteiger partial charge in [-0.25, -0.2) is 4.79 Å². The second-order valence-electron chi connectivity index (χ2n) is 8.08. The predicted molar refractivity (Wildman–Crippen MR) is 137 cm³/mol. The first kappa shape index (κ1) is 21.7. The third kappa shape index (κ3) is 4.02. The largest absolute Gasteiger partial charge is 0.478 e. The number of anilines is 1. The van der Waals surface area contributed by atoms with E-state index in [2.05, 4.69) is 12.6 Å². The zero-order valence-corrected chi connectivity index (χ0v) is 19.1. The summed E-state index contributed by atoms with van der Waals surface area (Å²) in [5, 5.41) is 9.37. The Balaban J connectivity index is 1.69. The lowest BCUT2D eigenvalue weighted by Gasteiger charge is -2.18. The Morgan fingerprint density at radius 1 is 0.765 bits per heavy atom. The summed E-state index contributed by atoms with van der Waals surface area (Å²) in [7, 11) is 0. The molecule has 4 aromatic carbocycles. The second-order valence-corrected chi connectivity index (χ2v) is 8.59. The molecule has 0 aliphatic carbocycles. The van der Waals surface area contributed by atoms with Gasteiger partial charge in [-0.15, -0.1) is 12.6 Å². The first-order chi connectivity index (χ1) is 16.5. The van der Waals surface area contributed by atoms with Gasteiger partial charge in [-0.05, 0) is 47.0 Å². The van der Waals surface area contributed by atoms with E-state index in [-0.39, 0.29) is 18.0 Å². The molecule has 0 aromatic heterocycles. The van der Waals surface area contributed by atoms with Gasteiger partial charge in [-0.1, -0.05) is 72.8 Å². The Morgan fingerprint density at radius 3 is 2.15 bits per heavy atom. The van der Waals surface area contributed by atoms with Crippen molar-refractivity contribution in [3.05, 3.63) is 131 Å². The zero-order valence-electron chi connectivity index (χ0n) is 18.2. The lowest BCUT2D eigenvalue weighted by atomic mass is 9.90. The first-order valence-electron chi connectivity index (χ1n) is 10.9. The lowest BCUT2D eigenvalue weighted by Crippen LogP contribution is -2.26. The highest BCUT2D eigenvalue weighted by Gasteiger charge is 2.35. The van der Waals surface area contributed by atoms with Crippen molar-refractivity contribution in [1.82, 2.24) is 0 Å². The number of para-hydroxylation sites is 1. The predicted octanol–water partition coefficient (Wildman–Crippen LogP) is 6.18. The topological polar surface area (TPSA) is 57.6 Å².